The molecular formula is C11H18O2. The highest BCUT2D eigenvalue weighted by Gasteiger charge is 2.33. The third-order valence-electron chi connectivity index (χ3n) is 1.90. The van der Waals surface area contributed by atoms with E-state index in [-0.39, 0.29) is 0 Å². The normalized spacial score (nSPS) is 12.2. The van der Waals surface area contributed by atoms with Crippen LogP contribution in [0.2, 0.25) is 0 Å². The first kappa shape index (κ1) is 12.3. The van der Waals surface area contributed by atoms with Crippen molar-refractivity contribution in [3.8, 4) is 0 Å². The Kier molecular flexibility index (Phi) is 4.89. The van der Waals surface area contributed by atoms with Gasteiger partial charge in [-0.2, -0.15) is 0 Å². The zero-order valence-corrected chi connectivity index (χ0v) is 8.89. The van der Waals surface area contributed by atoms with Crippen molar-refractivity contribution >= 4 is 12.6 Å². The predicted molar refractivity (Wildman–Crippen MR) is 52.7 cm³/mol. The third kappa shape index (κ3) is 4.20. The Morgan fingerprint density at radius 1 is 0.923 bits per heavy atom. The lowest BCUT2D eigenvalue weighted by molar-refractivity contribution is 0.328. The van der Waals surface area contributed by atoms with Gasteiger partial charge in [0.25, 0.3) is 0 Å². The molecule has 2 radical (unpaired) electrons. The number of carbonyl (C=O) groups excluding carboxylic acids is 2. The molecule has 0 atom stereocenters. The number of hydrogen-bond donors (Lipinski definition) is 0. The van der Waals surface area contributed by atoms with Crippen LogP contribution in [0, 0.1) is 17.3 Å². The molecule has 0 aliphatic carbocycles. The summed E-state index contributed by atoms with van der Waals surface area (Å²) in [4.78, 5) is 21.5. The van der Waals surface area contributed by atoms with Crippen LogP contribution in [-0.4, -0.2) is 12.6 Å². The predicted octanol–water partition coefficient (Wildman–Crippen LogP) is 2.28. The van der Waals surface area contributed by atoms with Gasteiger partial charge in [-0.25, -0.2) is 0 Å². The molecule has 0 saturated heterocycles. The molecule has 13 heavy (non-hydrogen) atoms. The molecule has 74 valence electrons. The van der Waals surface area contributed by atoms with Crippen LogP contribution in [0.25, 0.3) is 0 Å². The van der Waals surface area contributed by atoms with Crippen molar-refractivity contribution in [1.82, 2.24) is 0 Å². The second kappa shape index (κ2) is 5.15. The highest BCUT2D eigenvalue weighted by molar-refractivity contribution is 5.84. The maximum Gasteiger partial charge on any atom is 0.213 e. The Morgan fingerprint density at radius 3 is 1.38 bits per heavy atom. The molecule has 0 amide bonds. The Balaban J connectivity index is 4.49. The molecule has 0 aromatic carbocycles. The summed E-state index contributed by atoms with van der Waals surface area (Å²) in [5.74, 6) is 0.642. The summed E-state index contributed by atoms with van der Waals surface area (Å²) in [5.41, 5.74) is -0.984. The maximum atomic E-state index is 10.7. The summed E-state index contributed by atoms with van der Waals surface area (Å²) in [6.45, 7) is 7.96. The second-order valence-electron chi connectivity index (χ2n) is 4.48. The molecule has 0 rings (SSSR count). The topological polar surface area (TPSA) is 34.1 Å². The first-order valence-corrected chi connectivity index (χ1v) is 4.74. The summed E-state index contributed by atoms with van der Waals surface area (Å²) in [6, 6.07) is 0. The van der Waals surface area contributed by atoms with E-state index >= 15 is 0 Å². The number of hydrogen-bond acceptors (Lipinski definition) is 2. The molecule has 2 nitrogen and oxygen atoms in total. The fraction of sp³-hybridized carbons (Fsp3) is 0.818. The highest BCUT2D eigenvalue weighted by atomic mass is 16.1. The first-order valence-electron chi connectivity index (χ1n) is 4.74. The SMILES string of the molecule is CC(C)CC([C]=O)([C]=O)CC(C)C. The zero-order chi connectivity index (χ0) is 10.5. The molecule has 2 heteroatoms. The van der Waals surface area contributed by atoms with E-state index in [0.29, 0.717) is 24.7 Å². The molecular weight excluding hydrogens is 164 g/mol. The summed E-state index contributed by atoms with van der Waals surface area (Å²) in [5, 5.41) is 0. The van der Waals surface area contributed by atoms with Crippen molar-refractivity contribution in [2.75, 3.05) is 0 Å². The zero-order valence-electron chi connectivity index (χ0n) is 8.89. The van der Waals surface area contributed by atoms with Gasteiger partial charge in [0.2, 0.25) is 12.6 Å². The Labute approximate surface area is 80.7 Å². The number of rotatable bonds is 6. The van der Waals surface area contributed by atoms with Crippen molar-refractivity contribution in [2.24, 2.45) is 17.3 Å². The molecule has 0 aromatic rings. The minimum atomic E-state index is -0.984. The average molecular weight is 182 g/mol. The van der Waals surface area contributed by atoms with Gasteiger partial charge in [0.1, 0.15) is 5.41 Å². The molecule has 0 unspecified atom stereocenters. The van der Waals surface area contributed by atoms with Crippen LogP contribution in [0.5, 0.6) is 0 Å². The summed E-state index contributed by atoms with van der Waals surface area (Å²) in [6.07, 6.45) is 4.82. The van der Waals surface area contributed by atoms with E-state index in [2.05, 4.69) is 0 Å². The van der Waals surface area contributed by atoms with E-state index in [4.69, 9.17) is 0 Å². The molecule has 0 heterocycles. The molecule has 0 spiro atoms. The molecule has 0 N–H and O–H groups in total. The van der Waals surface area contributed by atoms with E-state index in [1.165, 1.54) is 0 Å². The van der Waals surface area contributed by atoms with Gasteiger partial charge in [0, 0.05) is 0 Å². The Hall–Kier alpha value is -0.660. The third-order valence-corrected chi connectivity index (χ3v) is 1.90. The minimum Gasteiger partial charge on any atom is -0.290 e. The van der Waals surface area contributed by atoms with Gasteiger partial charge in [-0.05, 0) is 24.7 Å². The van der Waals surface area contributed by atoms with Gasteiger partial charge in [0.15, 0.2) is 0 Å². The van der Waals surface area contributed by atoms with Crippen LogP contribution in [-0.2, 0) is 9.59 Å². The van der Waals surface area contributed by atoms with Gasteiger partial charge in [-0.3, -0.25) is 9.59 Å². The van der Waals surface area contributed by atoms with Crippen LogP contribution in [0.15, 0.2) is 0 Å². The summed E-state index contributed by atoms with van der Waals surface area (Å²) in [7, 11) is 0. The fourth-order valence-electron chi connectivity index (χ4n) is 1.66. The van der Waals surface area contributed by atoms with E-state index < -0.39 is 5.41 Å². The highest BCUT2D eigenvalue weighted by Crippen LogP contribution is 2.29. The lowest BCUT2D eigenvalue weighted by atomic mass is 9.77. The monoisotopic (exact) mass is 182 g/mol. The van der Waals surface area contributed by atoms with E-state index in [1.807, 2.05) is 40.3 Å². The summed E-state index contributed by atoms with van der Waals surface area (Å²) >= 11 is 0. The van der Waals surface area contributed by atoms with Crippen LogP contribution in [0.4, 0.5) is 0 Å². The van der Waals surface area contributed by atoms with Gasteiger partial charge in [-0.1, -0.05) is 27.7 Å². The van der Waals surface area contributed by atoms with Gasteiger partial charge in [0.05, 0.1) is 0 Å². The smallest absolute Gasteiger partial charge is 0.213 e. The molecule has 0 saturated carbocycles. The Bertz CT molecular complexity index is 151. The maximum absolute atomic E-state index is 10.7. The van der Waals surface area contributed by atoms with Crippen LogP contribution >= 0.6 is 0 Å². The van der Waals surface area contributed by atoms with E-state index in [0.717, 1.165) is 0 Å². The van der Waals surface area contributed by atoms with Gasteiger partial charge in [-0.15, -0.1) is 0 Å². The molecule has 0 aromatic heterocycles. The average Bonchev–Trinajstić information content (AvgIpc) is 2.01. The largest absolute Gasteiger partial charge is 0.290 e. The van der Waals surface area contributed by atoms with Crippen molar-refractivity contribution in [1.29, 1.82) is 0 Å². The standard InChI is InChI=1S/C11H18O2/c1-9(2)5-11(7-12,8-13)6-10(3)4/h9-10H,5-6H2,1-4H3. The van der Waals surface area contributed by atoms with Crippen molar-refractivity contribution in [3.05, 3.63) is 0 Å². The van der Waals surface area contributed by atoms with Crippen LogP contribution in [0.1, 0.15) is 40.5 Å². The van der Waals surface area contributed by atoms with E-state index in [9.17, 15) is 9.59 Å². The molecule has 0 aliphatic heterocycles. The fourth-order valence-corrected chi connectivity index (χ4v) is 1.66. The van der Waals surface area contributed by atoms with Crippen molar-refractivity contribution < 1.29 is 9.59 Å². The lowest BCUT2D eigenvalue weighted by Crippen LogP contribution is -2.28. The minimum absolute atomic E-state index is 0.321. The van der Waals surface area contributed by atoms with Crippen molar-refractivity contribution in [2.45, 2.75) is 40.5 Å². The van der Waals surface area contributed by atoms with E-state index in [1.54, 1.807) is 0 Å². The first-order chi connectivity index (χ1) is 5.95. The molecule has 0 aliphatic rings. The Morgan fingerprint density at radius 2 is 1.23 bits per heavy atom. The molecule has 0 bridgehead atoms. The molecule has 0 fully saturated rings. The van der Waals surface area contributed by atoms with Crippen molar-refractivity contribution in [3.63, 3.8) is 0 Å². The van der Waals surface area contributed by atoms with Gasteiger partial charge < -0.3 is 0 Å². The summed E-state index contributed by atoms with van der Waals surface area (Å²) < 4.78 is 0. The van der Waals surface area contributed by atoms with Crippen LogP contribution < -0.4 is 0 Å². The second-order valence-corrected chi connectivity index (χ2v) is 4.48. The van der Waals surface area contributed by atoms with Crippen LogP contribution in [0.3, 0.4) is 0 Å². The lowest BCUT2D eigenvalue weighted by Gasteiger charge is -2.23. The van der Waals surface area contributed by atoms with Gasteiger partial charge >= 0.3 is 0 Å². The quantitative estimate of drug-likeness (QED) is 0.590.